The summed E-state index contributed by atoms with van der Waals surface area (Å²) in [6.07, 6.45) is -0.285. The highest BCUT2D eigenvalue weighted by atomic mass is 16.6. The van der Waals surface area contributed by atoms with E-state index in [-0.39, 0.29) is 18.2 Å². The first-order chi connectivity index (χ1) is 17.7. The highest BCUT2D eigenvalue weighted by Gasteiger charge is 2.36. The largest absolute Gasteiger partial charge is 0.482 e. The van der Waals surface area contributed by atoms with Gasteiger partial charge in [0.05, 0.1) is 12.6 Å². The van der Waals surface area contributed by atoms with Gasteiger partial charge >= 0.3 is 6.09 Å². The molecule has 1 N–H and O–H groups in total. The number of benzene rings is 2. The molecular weight excluding hydrogens is 470 g/mol. The van der Waals surface area contributed by atoms with Crippen molar-refractivity contribution >= 4 is 28.7 Å². The summed E-state index contributed by atoms with van der Waals surface area (Å²) in [5.74, 6) is 0.826. The molecular formula is C28H29N5O4. The van der Waals surface area contributed by atoms with E-state index in [9.17, 15) is 9.59 Å². The molecule has 2 aromatic heterocycles. The van der Waals surface area contributed by atoms with Crippen LogP contribution in [0.3, 0.4) is 0 Å². The molecule has 1 aliphatic heterocycles. The highest BCUT2D eigenvalue weighted by Crippen LogP contribution is 2.31. The van der Waals surface area contributed by atoms with Crippen molar-refractivity contribution in [1.82, 2.24) is 19.4 Å². The fourth-order valence-corrected chi connectivity index (χ4v) is 4.34. The van der Waals surface area contributed by atoms with Crippen molar-refractivity contribution in [3.05, 3.63) is 77.5 Å². The Morgan fingerprint density at radius 2 is 1.78 bits per heavy atom. The number of rotatable bonds is 5. The van der Waals surface area contributed by atoms with Crippen LogP contribution in [0.4, 0.5) is 10.6 Å². The highest BCUT2D eigenvalue weighted by molar-refractivity contribution is 6.04. The van der Waals surface area contributed by atoms with Crippen molar-refractivity contribution in [2.24, 2.45) is 0 Å². The molecule has 9 nitrogen and oxygen atoms in total. The average Bonchev–Trinajstić information content (AvgIpc) is 3.26. The van der Waals surface area contributed by atoms with Gasteiger partial charge in [-0.3, -0.25) is 4.79 Å². The van der Waals surface area contributed by atoms with Gasteiger partial charge < -0.3 is 14.8 Å². The minimum absolute atomic E-state index is 0.164. The Hall–Kier alpha value is -4.40. The Bertz CT molecular complexity index is 1470. The summed E-state index contributed by atoms with van der Waals surface area (Å²) in [5.41, 5.74) is 2.00. The number of imide groups is 1. The first-order valence-electron chi connectivity index (χ1n) is 12.1. The number of anilines is 1. The lowest BCUT2D eigenvalue weighted by Gasteiger charge is -2.30. The zero-order valence-electron chi connectivity index (χ0n) is 21.3. The summed E-state index contributed by atoms with van der Waals surface area (Å²) in [6.45, 7) is 5.99. The van der Waals surface area contributed by atoms with Crippen LogP contribution in [0.15, 0.2) is 60.7 Å². The van der Waals surface area contributed by atoms with Gasteiger partial charge in [0.2, 0.25) is 11.8 Å². The fraction of sp³-hybridized carbons (Fsp3) is 0.286. The second kappa shape index (κ2) is 9.57. The lowest BCUT2D eigenvalue weighted by atomic mass is 10.0. The van der Waals surface area contributed by atoms with Gasteiger partial charge in [0.1, 0.15) is 17.1 Å². The standard InChI is InChI=1S/C28H29N5O4/c1-28(2,3)37-27(35)32-15-14-20-23(25(32)34)30-26(31-24(20)29-17-18-10-6-5-7-11-18)33-21-13-9-8-12-19(21)16-22(33)36-4/h5-13,16H,14-15,17H2,1-4H3,(H,29,30,31). The van der Waals surface area contributed by atoms with Crippen molar-refractivity contribution < 1.29 is 19.1 Å². The van der Waals surface area contributed by atoms with Crippen LogP contribution in [0, 0.1) is 0 Å². The molecule has 0 radical (unpaired) electrons. The van der Waals surface area contributed by atoms with Gasteiger partial charge in [0.15, 0.2) is 0 Å². The maximum Gasteiger partial charge on any atom is 0.417 e. The van der Waals surface area contributed by atoms with Crippen molar-refractivity contribution in [1.29, 1.82) is 0 Å². The fourth-order valence-electron chi connectivity index (χ4n) is 4.34. The predicted octanol–water partition coefficient (Wildman–Crippen LogP) is 4.97. The Kier molecular flexibility index (Phi) is 6.29. The molecule has 9 heteroatoms. The van der Waals surface area contributed by atoms with E-state index in [0.29, 0.717) is 30.2 Å². The maximum absolute atomic E-state index is 13.6. The lowest BCUT2D eigenvalue weighted by Crippen LogP contribution is -2.45. The predicted molar refractivity (Wildman–Crippen MR) is 140 cm³/mol. The number of aromatic nitrogens is 3. The number of carbonyl (C=O) groups excluding carboxylic acids is 2. The molecule has 0 unspecified atom stereocenters. The summed E-state index contributed by atoms with van der Waals surface area (Å²) in [6, 6.07) is 19.6. The summed E-state index contributed by atoms with van der Waals surface area (Å²) in [7, 11) is 1.58. The van der Waals surface area contributed by atoms with E-state index in [1.165, 1.54) is 0 Å². The van der Waals surface area contributed by atoms with Gasteiger partial charge in [-0.2, -0.15) is 4.98 Å². The zero-order valence-corrected chi connectivity index (χ0v) is 21.3. The number of ether oxygens (including phenoxy) is 2. The third kappa shape index (κ3) is 4.84. The average molecular weight is 500 g/mol. The van der Waals surface area contributed by atoms with Crippen LogP contribution < -0.4 is 10.1 Å². The first kappa shape index (κ1) is 24.3. The van der Waals surface area contributed by atoms with E-state index < -0.39 is 17.6 Å². The van der Waals surface area contributed by atoms with Crippen LogP contribution in [-0.4, -0.2) is 50.7 Å². The lowest BCUT2D eigenvalue weighted by molar-refractivity contribution is 0.0231. The van der Waals surface area contributed by atoms with E-state index in [4.69, 9.17) is 14.5 Å². The van der Waals surface area contributed by atoms with E-state index >= 15 is 0 Å². The van der Waals surface area contributed by atoms with Crippen LogP contribution in [-0.2, 0) is 17.7 Å². The van der Waals surface area contributed by atoms with E-state index in [1.54, 1.807) is 32.4 Å². The van der Waals surface area contributed by atoms with Crippen LogP contribution in [0.1, 0.15) is 42.4 Å². The Morgan fingerprint density at radius 3 is 2.51 bits per heavy atom. The summed E-state index contributed by atoms with van der Waals surface area (Å²) >= 11 is 0. The van der Waals surface area contributed by atoms with Crippen molar-refractivity contribution in [2.45, 2.75) is 39.3 Å². The Labute approximate surface area is 215 Å². The van der Waals surface area contributed by atoms with Crippen LogP contribution >= 0.6 is 0 Å². The van der Waals surface area contributed by atoms with E-state index in [0.717, 1.165) is 21.4 Å². The molecule has 3 heterocycles. The second-order valence-corrected chi connectivity index (χ2v) is 9.81. The number of para-hydroxylation sites is 1. The molecule has 0 spiro atoms. The second-order valence-electron chi connectivity index (χ2n) is 9.81. The first-order valence-corrected chi connectivity index (χ1v) is 12.1. The molecule has 0 fully saturated rings. The SMILES string of the molecule is COc1cc2ccccc2n1-c1nc(NCc2ccccc2)c2c(n1)C(=O)N(C(=O)OC(C)(C)C)CC2. The smallest absolute Gasteiger partial charge is 0.417 e. The topological polar surface area (TPSA) is 98.6 Å². The minimum atomic E-state index is -0.728. The Morgan fingerprint density at radius 1 is 1.05 bits per heavy atom. The molecule has 2 aromatic carbocycles. The number of hydrogen-bond donors (Lipinski definition) is 1. The van der Waals surface area contributed by atoms with Gasteiger partial charge in [-0.15, -0.1) is 0 Å². The van der Waals surface area contributed by atoms with Crippen LogP contribution in [0.5, 0.6) is 5.88 Å². The summed E-state index contributed by atoms with van der Waals surface area (Å²) in [5, 5.41) is 4.33. The third-order valence-electron chi connectivity index (χ3n) is 6.03. The molecule has 0 atom stereocenters. The molecule has 190 valence electrons. The molecule has 2 amide bonds. The molecule has 0 saturated heterocycles. The number of carbonyl (C=O) groups is 2. The van der Waals surface area contributed by atoms with Crippen molar-refractivity contribution in [3.63, 3.8) is 0 Å². The number of hydrogen-bond acceptors (Lipinski definition) is 7. The van der Waals surface area contributed by atoms with Crippen molar-refractivity contribution in [2.75, 3.05) is 19.0 Å². The number of nitrogens with one attached hydrogen (secondary N) is 1. The van der Waals surface area contributed by atoms with Gasteiger partial charge in [-0.25, -0.2) is 19.2 Å². The molecule has 37 heavy (non-hydrogen) atoms. The maximum atomic E-state index is 13.6. The molecule has 0 saturated carbocycles. The van der Waals surface area contributed by atoms with Crippen LogP contribution in [0.25, 0.3) is 16.9 Å². The third-order valence-corrected chi connectivity index (χ3v) is 6.03. The van der Waals surface area contributed by atoms with Gasteiger partial charge in [-0.05, 0) is 38.8 Å². The van der Waals surface area contributed by atoms with Gasteiger partial charge in [0.25, 0.3) is 5.91 Å². The van der Waals surface area contributed by atoms with Crippen LogP contribution in [0.2, 0.25) is 0 Å². The van der Waals surface area contributed by atoms with Crippen molar-refractivity contribution in [3.8, 4) is 11.8 Å². The van der Waals surface area contributed by atoms with Gasteiger partial charge in [0, 0.05) is 30.1 Å². The molecule has 0 aliphatic carbocycles. The van der Waals surface area contributed by atoms with E-state index in [2.05, 4.69) is 10.3 Å². The number of fused-ring (bicyclic) bond motifs is 2. The quantitative estimate of drug-likeness (QED) is 0.414. The molecule has 5 rings (SSSR count). The minimum Gasteiger partial charge on any atom is -0.482 e. The van der Waals surface area contributed by atoms with Gasteiger partial charge in [-0.1, -0.05) is 48.5 Å². The van der Waals surface area contributed by atoms with E-state index in [1.807, 2.05) is 60.7 Å². The normalized spacial score (nSPS) is 13.4. The Balaban J connectivity index is 1.61. The number of nitrogens with zero attached hydrogens (tertiary/aromatic N) is 4. The summed E-state index contributed by atoms with van der Waals surface area (Å²) in [4.78, 5) is 37.0. The monoisotopic (exact) mass is 499 g/mol. The molecule has 1 aliphatic rings. The summed E-state index contributed by atoms with van der Waals surface area (Å²) < 4.78 is 12.9. The molecule has 4 aromatic rings. The zero-order chi connectivity index (χ0) is 26.2. The number of methoxy groups -OCH3 is 1. The number of amides is 2. The molecule has 0 bridgehead atoms.